The topological polar surface area (TPSA) is 29.5 Å². The first-order chi connectivity index (χ1) is 10.1. The van der Waals surface area contributed by atoms with Crippen molar-refractivity contribution in [1.82, 2.24) is 4.98 Å². The van der Waals surface area contributed by atoms with E-state index >= 15 is 0 Å². The fourth-order valence-corrected chi connectivity index (χ4v) is 3.16. The molecule has 1 atom stereocenters. The SMILES string of the molecule is C[C@@H]([NH2+]Cc1nc2ccccc2s1)c1ccc(F)c(F)c1. The highest BCUT2D eigenvalue weighted by Crippen LogP contribution is 2.21. The van der Waals surface area contributed by atoms with E-state index in [1.165, 1.54) is 16.8 Å². The van der Waals surface area contributed by atoms with Crippen molar-refractivity contribution in [1.29, 1.82) is 0 Å². The summed E-state index contributed by atoms with van der Waals surface area (Å²) in [5.74, 6) is -1.61. The smallest absolute Gasteiger partial charge is 0.159 e. The third kappa shape index (κ3) is 3.09. The first kappa shape index (κ1) is 14.1. The van der Waals surface area contributed by atoms with Gasteiger partial charge in [-0.05, 0) is 37.3 Å². The molecule has 1 heterocycles. The molecule has 0 aliphatic carbocycles. The van der Waals surface area contributed by atoms with Crippen LogP contribution in [0.5, 0.6) is 0 Å². The summed E-state index contributed by atoms with van der Waals surface area (Å²) in [5.41, 5.74) is 1.78. The Labute approximate surface area is 125 Å². The zero-order valence-electron chi connectivity index (χ0n) is 11.5. The Morgan fingerprint density at radius 3 is 2.71 bits per heavy atom. The van der Waals surface area contributed by atoms with Gasteiger partial charge < -0.3 is 5.32 Å². The van der Waals surface area contributed by atoms with E-state index in [1.807, 2.05) is 25.1 Å². The first-order valence-electron chi connectivity index (χ1n) is 6.76. The van der Waals surface area contributed by atoms with Gasteiger partial charge in [0.15, 0.2) is 11.6 Å². The van der Waals surface area contributed by atoms with Gasteiger partial charge in [0.05, 0.1) is 10.2 Å². The number of hydrogen-bond acceptors (Lipinski definition) is 2. The number of thiazole rings is 1. The molecule has 0 bridgehead atoms. The Bertz CT molecular complexity index is 737. The van der Waals surface area contributed by atoms with Crippen LogP contribution in [0.4, 0.5) is 8.78 Å². The molecule has 0 fully saturated rings. The Hall–Kier alpha value is -1.85. The Kier molecular flexibility index (Phi) is 3.94. The van der Waals surface area contributed by atoms with E-state index in [-0.39, 0.29) is 6.04 Å². The van der Waals surface area contributed by atoms with Crippen LogP contribution in [0.2, 0.25) is 0 Å². The molecular weight excluding hydrogens is 290 g/mol. The van der Waals surface area contributed by atoms with Crippen LogP contribution in [-0.2, 0) is 6.54 Å². The predicted octanol–water partition coefficient (Wildman–Crippen LogP) is 3.40. The second kappa shape index (κ2) is 5.87. The van der Waals surface area contributed by atoms with Crippen LogP contribution >= 0.6 is 11.3 Å². The van der Waals surface area contributed by atoms with Crippen molar-refractivity contribution in [3.05, 3.63) is 64.7 Å². The number of aromatic nitrogens is 1. The van der Waals surface area contributed by atoms with Crippen LogP contribution < -0.4 is 5.32 Å². The number of nitrogens with zero attached hydrogens (tertiary/aromatic N) is 1. The Morgan fingerprint density at radius 1 is 1.14 bits per heavy atom. The number of hydrogen-bond donors (Lipinski definition) is 1. The maximum Gasteiger partial charge on any atom is 0.159 e. The van der Waals surface area contributed by atoms with Gasteiger partial charge in [0, 0.05) is 5.56 Å². The van der Waals surface area contributed by atoms with Crippen molar-refractivity contribution in [3.63, 3.8) is 0 Å². The summed E-state index contributed by atoms with van der Waals surface area (Å²) in [6, 6.07) is 12.1. The van der Waals surface area contributed by atoms with Gasteiger partial charge in [-0.1, -0.05) is 12.1 Å². The minimum atomic E-state index is -0.808. The van der Waals surface area contributed by atoms with Crippen LogP contribution in [0.3, 0.4) is 0 Å². The van der Waals surface area contributed by atoms with E-state index in [4.69, 9.17) is 0 Å². The number of fused-ring (bicyclic) bond motifs is 1. The third-order valence-corrected chi connectivity index (χ3v) is 4.51. The molecule has 5 heteroatoms. The van der Waals surface area contributed by atoms with Crippen molar-refractivity contribution < 1.29 is 14.1 Å². The normalized spacial score (nSPS) is 12.7. The second-order valence-corrected chi connectivity index (χ2v) is 6.09. The molecule has 0 aliphatic heterocycles. The molecule has 3 rings (SSSR count). The summed E-state index contributed by atoms with van der Waals surface area (Å²) in [4.78, 5) is 4.56. The number of benzene rings is 2. The summed E-state index contributed by atoms with van der Waals surface area (Å²) < 4.78 is 27.3. The number of rotatable bonds is 4. The molecule has 3 aromatic rings. The lowest BCUT2D eigenvalue weighted by molar-refractivity contribution is -0.707. The lowest BCUT2D eigenvalue weighted by Crippen LogP contribution is -2.83. The zero-order valence-corrected chi connectivity index (χ0v) is 12.3. The van der Waals surface area contributed by atoms with Crippen molar-refractivity contribution in [3.8, 4) is 0 Å². The second-order valence-electron chi connectivity index (χ2n) is 4.98. The van der Waals surface area contributed by atoms with E-state index in [2.05, 4.69) is 16.4 Å². The molecule has 1 aromatic heterocycles. The summed E-state index contributed by atoms with van der Waals surface area (Å²) in [5, 5.41) is 3.11. The number of quaternary nitrogens is 1. The van der Waals surface area contributed by atoms with Crippen LogP contribution in [0.1, 0.15) is 23.5 Å². The lowest BCUT2D eigenvalue weighted by atomic mass is 10.1. The fourth-order valence-electron chi connectivity index (χ4n) is 2.22. The number of halogens is 2. The Balaban J connectivity index is 1.70. The number of para-hydroxylation sites is 1. The van der Waals surface area contributed by atoms with Crippen molar-refractivity contribution in [2.75, 3.05) is 0 Å². The van der Waals surface area contributed by atoms with Crippen molar-refractivity contribution >= 4 is 21.6 Å². The molecule has 2 N–H and O–H groups in total. The van der Waals surface area contributed by atoms with Gasteiger partial charge in [0.2, 0.25) is 0 Å². The molecular formula is C16H15F2N2S+. The van der Waals surface area contributed by atoms with Crippen LogP contribution in [0.25, 0.3) is 10.2 Å². The van der Waals surface area contributed by atoms with Crippen LogP contribution in [-0.4, -0.2) is 4.98 Å². The summed E-state index contributed by atoms with van der Waals surface area (Å²) in [6.07, 6.45) is 0. The van der Waals surface area contributed by atoms with Crippen molar-refractivity contribution in [2.24, 2.45) is 0 Å². The maximum absolute atomic E-state index is 13.2. The highest BCUT2D eigenvalue weighted by molar-refractivity contribution is 7.18. The van der Waals surface area contributed by atoms with E-state index in [9.17, 15) is 8.78 Å². The monoisotopic (exact) mass is 305 g/mol. The predicted molar refractivity (Wildman–Crippen MR) is 80.0 cm³/mol. The van der Waals surface area contributed by atoms with Gasteiger partial charge in [-0.2, -0.15) is 0 Å². The molecule has 0 amide bonds. The van der Waals surface area contributed by atoms with Crippen LogP contribution in [0, 0.1) is 11.6 Å². The third-order valence-electron chi connectivity index (χ3n) is 3.45. The van der Waals surface area contributed by atoms with E-state index in [0.29, 0.717) is 0 Å². The van der Waals surface area contributed by atoms with E-state index < -0.39 is 11.6 Å². The standard InChI is InChI=1S/C16H14F2N2S/c1-10(11-6-7-12(17)13(18)8-11)19-9-16-20-14-4-2-3-5-15(14)21-16/h2-8,10,19H,9H2,1H3/p+1/t10-/m1/s1. The zero-order chi connectivity index (χ0) is 14.8. The van der Waals surface area contributed by atoms with Gasteiger partial charge in [0.25, 0.3) is 0 Å². The van der Waals surface area contributed by atoms with E-state index in [1.54, 1.807) is 17.4 Å². The van der Waals surface area contributed by atoms with Gasteiger partial charge in [-0.3, -0.25) is 0 Å². The first-order valence-corrected chi connectivity index (χ1v) is 7.58. The molecule has 0 unspecified atom stereocenters. The van der Waals surface area contributed by atoms with Gasteiger partial charge in [-0.15, -0.1) is 11.3 Å². The molecule has 2 nitrogen and oxygen atoms in total. The maximum atomic E-state index is 13.2. The molecule has 0 saturated heterocycles. The fraction of sp³-hybridized carbons (Fsp3) is 0.188. The van der Waals surface area contributed by atoms with Gasteiger partial charge >= 0.3 is 0 Å². The molecule has 0 radical (unpaired) electrons. The molecule has 2 aromatic carbocycles. The summed E-state index contributed by atoms with van der Waals surface area (Å²) in [7, 11) is 0. The molecule has 0 aliphatic rings. The largest absolute Gasteiger partial charge is 0.335 e. The van der Waals surface area contributed by atoms with Crippen molar-refractivity contribution in [2.45, 2.75) is 19.5 Å². The highest BCUT2D eigenvalue weighted by Gasteiger charge is 2.13. The molecule has 21 heavy (non-hydrogen) atoms. The number of nitrogens with two attached hydrogens (primary N) is 1. The van der Waals surface area contributed by atoms with Crippen LogP contribution in [0.15, 0.2) is 42.5 Å². The minimum absolute atomic E-state index is 0.0483. The quantitative estimate of drug-likeness (QED) is 0.786. The summed E-state index contributed by atoms with van der Waals surface area (Å²) >= 11 is 1.66. The Morgan fingerprint density at radius 2 is 1.95 bits per heavy atom. The average Bonchev–Trinajstić information content (AvgIpc) is 2.90. The molecule has 0 spiro atoms. The lowest BCUT2D eigenvalue weighted by Gasteiger charge is -2.10. The molecule has 0 saturated carbocycles. The highest BCUT2D eigenvalue weighted by atomic mass is 32.1. The van der Waals surface area contributed by atoms with Gasteiger partial charge in [-0.25, -0.2) is 13.8 Å². The molecule has 108 valence electrons. The van der Waals surface area contributed by atoms with E-state index in [0.717, 1.165) is 22.6 Å². The summed E-state index contributed by atoms with van der Waals surface area (Å²) in [6.45, 7) is 2.69. The minimum Gasteiger partial charge on any atom is -0.335 e. The van der Waals surface area contributed by atoms with Gasteiger partial charge in [0.1, 0.15) is 17.6 Å². The average molecular weight is 305 g/mol.